The number of carbonyl (C=O) groups excluding carboxylic acids is 4. The highest BCUT2D eigenvalue weighted by atomic mass is 19.1. The fraction of sp³-hybridized carbons (Fsp3) is 0.742. The summed E-state index contributed by atoms with van der Waals surface area (Å²) in [5.41, 5.74) is -3.01. The largest absolute Gasteiger partial charge is 0.456 e. The predicted octanol–water partition coefficient (Wildman–Crippen LogP) is 2.32. The van der Waals surface area contributed by atoms with Crippen molar-refractivity contribution in [3.8, 4) is 0 Å². The topological polar surface area (TPSA) is 181 Å². The average Bonchev–Trinajstić information content (AvgIpc) is 3.45. The molecule has 13 nitrogen and oxygen atoms in total. The molecule has 45 heavy (non-hydrogen) atoms. The second-order valence-electron chi connectivity index (χ2n) is 13.3. The molecule has 1 heterocycles. The van der Waals surface area contributed by atoms with Crippen molar-refractivity contribution in [1.82, 2.24) is 5.32 Å². The van der Waals surface area contributed by atoms with E-state index < -0.39 is 77.0 Å². The highest BCUT2D eigenvalue weighted by Gasteiger charge is 2.76. The Kier molecular flexibility index (Phi) is 9.22. The van der Waals surface area contributed by atoms with Crippen LogP contribution < -0.4 is 5.32 Å². The van der Waals surface area contributed by atoms with Gasteiger partial charge in [0, 0.05) is 23.2 Å². The zero-order valence-electron chi connectivity index (χ0n) is 25.7. The molecule has 14 heteroatoms. The van der Waals surface area contributed by atoms with E-state index in [0.29, 0.717) is 18.4 Å². The van der Waals surface area contributed by atoms with Crippen molar-refractivity contribution < 1.29 is 52.8 Å². The Morgan fingerprint density at radius 1 is 1.27 bits per heavy atom. The van der Waals surface area contributed by atoms with Crippen LogP contribution in [0.5, 0.6) is 0 Å². The number of fused-ring (bicyclic) bond motifs is 7. The van der Waals surface area contributed by atoms with Gasteiger partial charge >= 0.3 is 5.97 Å². The van der Waals surface area contributed by atoms with E-state index in [1.807, 2.05) is 20.8 Å². The maximum absolute atomic E-state index is 15.8. The van der Waals surface area contributed by atoms with Gasteiger partial charge in [0.05, 0.1) is 18.8 Å². The molecule has 1 saturated heterocycles. The lowest BCUT2D eigenvalue weighted by Crippen LogP contribution is -2.64. The first-order chi connectivity index (χ1) is 21.3. The number of alkyl halides is 1. The molecule has 5 rings (SSSR count). The second kappa shape index (κ2) is 12.5. The summed E-state index contributed by atoms with van der Waals surface area (Å²) in [4.78, 5) is 65.0. The number of rotatable bonds is 12. The fourth-order valence-electron chi connectivity index (χ4n) is 8.95. The van der Waals surface area contributed by atoms with Gasteiger partial charge < -0.3 is 29.5 Å². The summed E-state index contributed by atoms with van der Waals surface area (Å²) >= 11 is 0. The van der Waals surface area contributed by atoms with Gasteiger partial charge in [0.2, 0.25) is 11.7 Å². The zero-order chi connectivity index (χ0) is 32.7. The molecule has 1 amide bonds. The van der Waals surface area contributed by atoms with E-state index >= 15 is 4.39 Å². The van der Waals surface area contributed by atoms with Gasteiger partial charge in [0.25, 0.3) is 5.09 Å². The summed E-state index contributed by atoms with van der Waals surface area (Å²) in [7, 11) is 0. The zero-order valence-corrected chi connectivity index (χ0v) is 25.7. The molecule has 4 unspecified atom stereocenters. The monoisotopic (exact) mass is 636 g/mol. The van der Waals surface area contributed by atoms with E-state index in [1.54, 1.807) is 6.08 Å². The molecule has 4 fully saturated rings. The minimum atomic E-state index is -1.55. The van der Waals surface area contributed by atoms with Gasteiger partial charge in [-0.3, -0.25) is 19.2 Å². The predicted molar refractivity (Wildman–Crippen MR) is 152 cm³/mol. The molecule has 4 aliphatic carbocycles. The fourth-order valence-corrected chi connectivity index (χ4v) is 8.95. The maximum Gasteiger partial charge on any atom is 0.325 e. The summed E-state index contributed by atoms with van der Waals surface area (Å²) in [6.07, 6.45) is 2.63. The molecule has 1 aliphatic heterocycles. The number of nitrogens with one attached hydrogen (secondary N) is 1. The lowest BCUT2D eigenvalue weighted by Gasteiger charge is -2.60. The van der Waals surface area contributed by atoms with E-state index in [2.05, 4.69) is 10.2 Å². The standard InChI is InChI=1S/C31H41FN2O11/c1-4-6-27-44-24-13-19-18-12-21(32)20-11-17(35)8-9-29(20,2)28(18)22(36)14-30(19,3)31(24,45-27)23(37)16-42-26(39)15-33-25(38)7-5-10-43-34(40)41/h8-9,11,18-19,21-22,24,27-28,36H,4-7,10,12-16H2,1-3H3,(H,33,38)/t18?,19?,21-,22-,24+,27?,28?,29-,30-,31-/m0/s1. The van der Waals surface area contributed by atoms with Crippen LogP contribution in [0.25, 0.3) is 0 Å². The van der Waals surface area contributed by atoms with Crippen molar-refractivity contribution in [2.24, 2.45) is 28.6 Å². The number of hydrogen-bond acceptors (Lipinski definition) is 11. The summed E-state index contributed by atoms with van der Waals surface area (Å²) in [5.74, 6) is -3.20. The van der Waals surface area contributed by atoms with Crippen molar-refractivity contribution in [3.05, 3.63) is 33.9 Å². The second-order valence-corrected chi connectivity index (χ2v) is 13.3. The Bertz CT molecular complexity index is 1300. The van der Waals surface area contributed by atoms with E-state index in [1.165, 1.54) is 12.2 Å². The number of hydrogen-bond donors (Lipinski definition) is 2. The SMILES string of the molecule is CCCC1O[C@@H]2CC3C4C[C@H](F)C5=CC(=O)C=C[C@]5(C)C4[C@@H](O)C[C@]3(C)[C@@]2(C(=O)COC(=O)CNC(=O)CCCO[N+](=O)[O-])O1. The van der Waals surface area contributed by atoms with Gasteiger partial charge in [-0.1, -0.05) is 33.3 Å². The molecule has 0 spiro atoms. The molecule has 0 aromatic rings. The third-order valence-electron chi connectivity index (χ3n) is 10.7. The number of allylic oxidation sites excluding steroid dienone is 4. The summed E-state index contributed by atoms with van der Waals surface area (Å²) in [5, 5.41) is 23.3. The van der Waals surface area contributed by atoms with Crippen LogP contribution in [0, 0.1) is 38.7 Å². The van der Waals surface area contributed by atoms with E-state index in [4.69, 9.17) is 14.2 Å². The molecule has 0 bridgehead atoms. The van der Waals surface area contributed by atoms with Crippen molar-refractivity contribution in [2.45, 2.75) is 96.0 Å². The van der Waals surface area contributed by atoms with Crippen molar-refractivity contribution >= 4 is 23.4 Å². The molecule has 0 aromatic carbocycles. The highest BCUT2D eigenvalue weighted by Crippen LogP contribution is 2.70. The van der Waals surface area contributed by atoms with Crippen LogP contribution in [0.15, 0.2) is 23.8 Å². The highest BCUT2D eigenvalue weighted by molar-refractivity contribution is 6.01. The van der Waals surface area contributed by atoms with Crippen molar-refractivity contribution in [1.29, 1.82) is 0 Å². The summed E-state index contributed by atoms with van der Waals surface area (Å²) < 4.78 is 33.9. The molecular weight excluding hydrogens is 595 g/mol. The summed E-state index contributed by atoms with van der Waals surface area (Å²) in [6, 6.07) is 0. The van der Waals surface area contributed by atoms with Crippen molar-refractivity contribution in [2.75, 3.05) is 19.8 Å². The Balaban J connectivity index is 1.32. The number of amides is 1. The minimum absolute atomic E-state index is 0.0717. The van der Waals surface area contributed by atoms with Gasteiger partial charge in [-0.2, -0.15) is 0 Å². The number of Topliss-reactive ketones (excluding diaryl/α,β-unsaturated/α-hetero) is 1. The van der Waals surface area contributed by atoms with E-state index in [0.717, 1.165) is 6.42 Å². The first-order valence-electron chi connectivity index (χ1n) is 15.6. The first kappa shape index (κ1) is 33.1. The molecule has 5 aliphatic rings. The number of nitrogens with zero attached hydrogens (tertiary/aromatic N) is 1. The average molecular weight is 637 g/mol. The third kappa shape index (κ3) is 5.69. The molecule has 0 aromatic heterocycles. The van der Waals surface area contributed by atoms with Gasteiger partial charge in [0.1, 0.15) is 12.7 Å². The lowest BCUT2D eigenvalue weighted by molar-refractivity contribution is -0.757. The third-order valence-corrected chi connectivity index (χ3v) is 10.7. The van der Waals surface area contributed by atoms with Crippen LogP contribution >= 0.6 is 0 Å². The number of aliphatic hydroxyl groups excluding tert-OH is 1. The van der Waals surface area contributed by atoms with Crippen LogP contribution in [0.4, 0.5) is 4.39 Å². The molecule has 10 atom stereocenters. The number of carbonyl (C=O) groups is 4. The van der Waals surface area contributed by atoms with E-state index in [9.17, 15) is 34.4 Å². The molecule has 2 N–H and O–H groups in total. The maximum atomic E-state index is 15.8. The molecule has 248 valence electrons. The Morgan fingerprint density at radius 3 is 2.73 bits per heavy atom. The van der Waals surface area contributed by atoms with Gasteiger partial charge in [-0.05, 0) is 61.7 Å². The van der Waals surface area contributed by atoms with Gasteiger partial charge in [0.15, 0.2) is 24.3 Å². The normalized spacial score (nSPS) is 39.5. The van der Waals surface area contributed by atoms with Crippen molar-refractivity contribution in [3.63, 3.8) is 0 Å². The van der Waals surface area contributed by atoms with Crippen LogP contribution in [0.2, 0.25) is 0 Å². The molecular formula is C31H41FN2O11. The number of esters is 1. The van der Waals surface area contributed by atoms with Gasteiger partial charge in [-0.15, -0.1) is 10.1 Å². The van der Waals surface area contributed by atoms with Gasteiger partial charge in [-0.25, -0.2) is 4.39 Å². The summed E-state index contributed by atoms with van der Waals surface area (Å²) in [6.45, 7) is 4.25. The Hall–Kier alpha value is -3.23. The van der Waals surface area contributed by atoms with Crippen LogP contribution in [0.1, 0.15) is 65.7 Å². The molecule has 0 radical (unpaired) electrons. The van der Waals surface area contributed by atoms with Crippen LogP contribution in [-0.2, 0) is 38.2 Å². The number of ether oxygens (including phenoxy) is 3. The number of aliphatic hydroxyl groups is 1. The Labute approximate surface area is 259 Å². The lowest BCUT2D eigenvalue weighted by atomic mass is 9.46. The number of ketones is 2. The van der Waals surface area contributed by atoms with Crippen LogP contribution in [0.3, 0.4) is 0 Å². The van der Waals surface area contributed by atoms with Crippen LogP contribution in [-0.4, -0.2) is 83.7 Å². The van der Waals surface area contributed by atoms with E-state index in [-0.39, 0.29) is 55.8 Å². The quantitative estimate of drug-likeness (QED) is 0.139. The first-order valence-corrected chi connectivity index (χ1v) is 15.6. The number of halogens is 1. The Morgan fingerprint density at radius 2 is 2.02 bits per heavy atom. The molecule has 3 saturated carbocycles. The minimum Gasteiger partial charge on any atom is -0.456 e. The smallest absolute Gasteiger partial charge is 0.325 e.